The fourth-order valence-corrected chi connectivity index (χ4v) is 1.43. The van der Waals surface area contributed by atoms with Gasteiger partial charge >= 0.3 is 0 Å². The van der Waals surface area contributed by atoms with E-state index in [0.29, 0.717) is 0 Å². The summed E-state index contributed by atoms with van der Waals surface area (Å²) >= 11 is 1.54. The molecule has 0 aliphatic carbocycles. The second kappa shape index (κ2) is 3.37. The van der Waals surface area contributed by atoms with Crippen LogP contribution in [0.5, 0.6) is 0 Å². The Kier molecular flexibility index (Phi) is 2.46. The first-order valence-electron chi connectivity index (χ1n) is 3.03. The molecule has 0 aliphatic heterocycles. The molecule has 0 fully saturated rings. The fourth-order valence-electron chi connectivity index (χ4n) is 0.757. The highest BCUT2D eigenvalue weighted by Gasteiger charge is 1.96. The van der Waals surface area contributed by atoms with Crippen molar-refractivity contribution >= 4 is 17.4 Å². The smallest absolute Gasteiger partial charge is 0.0452 e. The van der Waals surface area contributed by atoms with E-state index >= 15 is 0 Å². The number of hydrogen-bond donors (Lipinski definition) is 0. The van der Waals surface area contributed by atoms with Crippen LogP contribution in [0.1, 0.15) is 10.4 Å². The number of rotatable bonds is 3. The van der Waals surface area contributed by atoms with Crippen molar-refractivity contribution in [2.24, 2.45) is 0 Å². The Morgan fingerprint density at radius 2 is 2.60 bits per heavy atom. The maximum atomic E-state index is 5.36. The molecular formula is C9H8S. The van der Waals surface area contributed by atoms with Gasteiger partial charge in [-0.2, -0.15) is 0 Å². The van der Waals surface area contributed by atoms with E-state index in [1.54, 1.807) is 6.08 Å². The van der Waals surface area contributed by atoms with Crippen LogP contribution in [-0.4, -0.2) is 0 Å². The summed E-state index contributed by atoms with van der Waals surface area (Å²) in [6.45, 7) is 9.00. The highest BCUT2D eigenvalue weighted by molar-refractivity contribution is 7.10. The Morgan fingerprint density at radius 3 is 3.20 bits per heavy atom. The van der Waals surface area contributed by atoms with Crippen LogP contribution in [0.25, 0.3) is 6.08 Å². The van der Waals surface area contributed by atoms with E-state index in [1.807, 2.05) is 12.1 Å². The van der Waals surface area contributed by atoms with Gasteiger partial charge in [-0.15, -0.1) is 17.9 Å². The van der Waals surface area contributed by atoms with Gasteiger partial charge in [0.1, 0.15) is 0 Å². The lowest BCUT2D eigenvalue weighted by Crippen LogP contribution is -1.76. The van der Waals surface area contributed by atoms with E-state index in [9.17, 15) is 0 Å². The molecule has 0 saturated carbocycles. The van der Waals surface area contributed by atoms with Crippen molar-refractivity contribution in [1.82, 2.24) is 0 Å². The van der Waals surface area contributed by atoms with Gasteiger partial charge in [0, 0.05) is 10.3 Å². The standard InChI is InChI=1S/C9H8S/c1-3-5-8-6-7-10-9(8)4-2/h2-4,6H,1,5H2. The summed E-state index contributed by atoms with van der Waals surface area (Å²) in [7, 11) is 0. The van der Waals surface area contributed by atoms with Crippen molar-refractivity contribution in [1.29, 1.82) is 0 Å². The molecule has 0 unspecified atom stereocenters. The Balaban J connectivity index is 2.89. The second-order valence-corrected chi connectivity index (χ2v) is 2.79. The normalized spacial score (nSPS) is 9.20. The summed E-state index contributed by atoms with van der Waals surface area (Å²) in [4.78, 5) is 1.10. The van der Waals surface area contributed by atoms with Crippen molar-refractivity contribution in [2.75, 3.05) is 0 Å². The van der Waals surface area contributed by atoms with Gasteiger partial charge in [0.2, 0.25) is 0 Å². The Morgan fingerprint density at radius 1 is 1.80 bits per heavy atom. The largest absolute Gasteiger partial charge is 0.135 e. The molecule has 0 saturated heterocycles. The summed E-state index contributed by atoms with van der Waals surface area (Å²) in [6, 6.07) is 1.95. The summed E-state index contributed by atoms with van der Waals surface area (Å²) < 4.78 is 0. The minimum atomic E-state index is 0.878. The van der Waals surface area contributed by atoms with Crippen LogP contribution >= 0.6 is 11.3 Å². The zero-order chi connectivity index (χ0) is 7.40. The van der Waals surface area contributed by atoms with Crippen LogP contribution in [0.15, 0.2) is 18.7 Å². The molecule has 0 N–H and O–H groups in total. The number of hydrogen-bond acceptors (Lipinski definition) is 1. The van der Waals surface area contributed by atoms with Crippen LogP contribution in [0.2, 0.25) is 0 Å². The molecule has 0 atom stereocenters. The molecule has 1 rings (SSSR count). The van der Waals surface area contributed by atoms with Crippen LogP contribution < -0.4 is 0 Å². The number of allylic oxidation sites excluding steroid dienone is 1. The predicted molar refractivity (Wildman–Crippen MR) is 45.8 cm³/mol. The average Bonchev–Trinajstić information content (AvgIpc) is 2.36. The Hall–Kier alpha value is -0.820. The zero-order valence-electron chi connectivity index (χ0n) is 5.63. The predicted octanol–water partition coefficient (Wildman–Crippen LogP) is 2.72. The average molecular weight is 148 g/mol. The van der Waals surface area contributed by atoms with Crippen LogP contribution in [0, 0.1) is 12.0 Å². The molecule has 0 aliphatic rings. The molecule has 1 aromatic rings. The summed E-state index contributed by atoms with van der Waals surface area (Å²) in [5.74, 6) is 0. The van der Waals surface area contributed by atoms with Gasteiger partial charge in [-0.25, -0.2) is 0 Å². The minimum Gasteiger partial charge on any atom is -0.135 e. The molecular weight excluding hydrogens is 140 g/mol. The van der Waals surface area contributed by atoms with Gasteiger partial charge in [0.15, 0.2) is 0 Å². The fraction of sp³-hybridized carbons (Fsp3) is 0.111. The maximum Gasteiger partial charge on any atom is 0.0452 e. The van der Waals surface area contributed by atoms with Gasteiger partial charge < -0.3 is 0 Å². The van der Waals surface area contributed by atoms with Gasteiger partial charge in [-0.3, -0.25) is 0 Å². The third-order valence-corrected chi connectivity index (χ3v) is 2.09. The Labute approximate surface area is 65.5 Å². The summed E-state index contributed by atoms with van der Waals surface area (Å²) in [5, 5.41) is 3.02. The Bertz CT molecular complexity index is 233. The van der Waals surface area contributed by atoms with E-state index in [0.717, 1.165) is 11.3 Å². The molecule has 0 amide bonds. The summed E-state index contributed by atoms with van der Waals surface area (Å²) in [5.41, 5.74) is 1.21. The molecule has 0 aromatic carbocycles. The molecule has 10 heavy (non-hydrogen) atoms. The highest BCUT2D eigenvalue weighted by Crippen LogP contribution is 2.17. The van der Waals surface area contributed by atoms with Crippen LogP contribution in [-0.2, 0) is 6.42 Å². The molecule has 1 aromatic heterocycles. The first-order valence-corrected chi connectivity index (χ1v) is 3.84. The van der Waals surface area contributed by atoms with Crippen molar-refractivity contribution in [3.63, 3.8) is 0 Å². The SMILES string of the molecule is [CH]=Cc1s[c]cc1CC=C. The lowest BCUT2D eigenvalue weighted by molar-refractivity contribution is 1.30. The quantitative estimate of drug-likeness (QED) is 0.578. The molecule has 0 bridgehead atoms. The number of thiophene rings is 1. The first kappa shape index (κ1) is 7.29. The van der Waals surface area contributed by atoms with Crippen molar-refractivity contribution < 1.29 is 0 Å². The molecule has 50 valence electrons. The van der Waals surface area contributed by atoms with Gasteiger partial charge in [-0.05, 0) is 24.1 Å². The molecule has 2 radical (unpaired) electrons. The minimum absolute atomic E-state index is 0.878. The second-order valence-electron chi connectivity index (χ2n) is 1.91. The van der Waals surface area contributed by atoms with Crippen molar-refractivity contribution in [3.8, 4) is 0 Å². The van der Waals surface area contributed by atoms with Crippen LogP contribution in [0.3, 0.4) is 0 Å². The maximum absolute atomic E-state index is 5.36. The van der Waals surface area contributed by atoms with E-state index < -0.39 is 0 Å². The van der Waals surface area contributed by atoms with Crippen LogP contribution in [0.4, 0.5) is 0 Å². The van der Waals surface area contributed by atoms with E-state index in [4.69, 9.17) is 6.58 Å². The topological polar surface area (TPSA) is 0 Å². The van der Waals surface area contributed by atoms with Gasteiger partial charge in [-0.1, -0.05) is 12.7 Å². The molecule has 1 heterocycles. The van der Waals surface area contributed by atoms with Gasteiger partial charge in [0.05, 0.1) is 0 Å². The van der Waals surface area contributed by atoms with Crippen molar-refractivity contribution in [3.05, 3.63) is 41.1 Å². The lowest BCUT2D eigenvalue weighted by atomic mass is 10.2. The highest BCUT2D eigenvalue weighted by atomic mass is 32.1. The molecule has 0 nitrogen and oxygen atoms in total. The zero-order valence-corrected chi connectivity index (χ0v) is 6.45. The van der Waals surface area contributed by atoms with Gasteiger partial charge in [0.25, 0.3) is 0 Å². The lowest BCUT2D eigenvalue weighted by Gasteiger charge is -1.90. The molecule has 0 spiro atoms. The van der Waals surface area contributed by atoms with E-state index in [-0.39, 0.29) is 0 Å². The van der Waals surface area contributed by atoms with E-state index in [1.165, 1.54) is 16.9 Å². The monoisotopic (exact) mass is 148 g/mol. The third-order valence-electron chi connectivity index (χ3n) is 1.23. The first-order chi connectivity index (χ1) is 4.88. The summed E-state index contributed by atoms with van der Waals surface area (Å²) in [6.07, 6.45) is 4.35. The molecule has 1 heteroatoms. The van der Waals surface area contributed by atoms with Crippen molar-refractivity contribution in [2.45, 2.75) is 6.42 Å². The van der Waals surface area contributed by atoms with E-state index in [2.05, 4.69) is 12.0 Å². The third kappa shape index (κ3) is 1.36.